The average Bonchev–Trinajstić information content (AvgIpc) is 2.29. The van der Waals surface area contributed by atoms with E-state index in [4.69, 9.17) is 5.11 Å². The molecule has 90 valence electrons. The number of rotatable bonds is 4. The number of carboxylic acid groups (broad SMARTS) is 1. The number of benzene rings is 1. The molecule has 0 aliphatic heterocycles. The SMILES string of the molecule is CCc1ccc(NC(=O)/C=C\C(=O)O)c(Br)c1. The van der Waals surface area contributed by atoms with Gasteiger partial charge in [-0.2, -0.15) is 0 Å². The van der Waals surface area contributed by atoms with Crippen LogP contribution in [-0.2, 0) is 16.0 Å². The summed E-state index contributed by atoms with van der Waals surface area (Å²) in [4.78, 5) is 21.6. The lowest BCUT2D eigenvalue weighted by molar-refractivity contribution is -0.131. The van der Waals surface area contributed by atoms with Gasteiger partial charge in [-0.05, 0) is 40.0 Å². The summed E-state index contributed by atoms with van der Waals surface area (Å²) in [5.41, 5.74) is 1.76. The number of halogens is 1. The second kappa shape index (κ2) is 6.20. The Bertz CT molecular complexity index is 469. The summed E-state index contributed by atoms with van der Waals surface area (Å²) in [7, 11) is 0. The maximum atomic E-state index is 11.3. The average molecular weight is 298 g/mol. The van der Waals surface area contributed by atoms with Crippen molar-refractivity contribution in [3.05, 3.63) is 40.4 Å². The molecule has 0 bridgehead atoms. The maximum absolute atomic E-state index is 11.3. The Morgan fingerprint density at radius 1 is 1.41 bits per heavy atom. The Balaban J connectivity index is 2.75. The van der Waals surface area contributed by atoms with Gasteiger partial charge in [0.15, 0.2) is 0 Å². The number of carboxylic acids is 1. The van der Waals surface area contributed by atoms with E-state index in [0.717, 1.165) is 28.6 Å². The van der Waals surface area contributed by atoms with Crippen LogP contribution in [0.4, 0.5) is 5.69 Å². The summed E-state index contributed by atoms with van der Waals surface area (Å²) in [6.07, 6.45) is 2.68. The largest absolute Gasteiger partial charge is 0.478 e. The molecule has 1 aromatic carbocycles. The van der Waals surface area contributed by atoms with Crippen molar-refractivity contribution in [2.24, 2.45) is 0 Å². The number of hydrogen-bond donors (Lipinski definition) is 2. The van der Waals surface area contributed by atoms with Crippen LogP contribution in [0.5, 0.6) is 0 Å². The van der Waals surface area contributed by atoms with Crippen molar-refractivity contribution in [2.45, 2.75) is 13.3 Å². The normalized spacial score (nSPS) is 10.5. The Morgan fingerprint density at radius 2 is 2.12 bits per heavy atom. The van der Waals surface area contributed by atoms with Crippen molar-refractivity contribution in [1.82, 2.24) is 0 Å². The van der Waals surface area contributed by atoms with Crippen LogP contribution in [0.1, 0.15) is 12.5 Å². The van der Waals surface area contributed by atoms with Crippen molar-refractivity contribution in [2.75, 3.05) is 5.32 Å². The summed E-state index contributed by atoms with van der Waals surface area (Å²) in [6.45, 7) is 2.04. The highest BCUT2D eigenvalue weighted by molar-refractivity contribution is 9.10. The second-order valence-corrected chi connectivity index (χ2v) is 4.18. The molecule has 0 radical (unpaired) electrons. The molecule has 17 heavy (non-hydrogen) atoms. The number of anilines is 1. The predicted octanol–water partition coefficient (Wildman–Crippen LogP) is 2.59. The molecule has 0 aliphatic rings. The molecule has 0 spiro atoms. The van der Waals surface area contributed by atoms with Crippen LogP contribution < -0.4 is 5.32 Å². The molecular formula is C12H12BrNO3. The molecular weight excluding hydrogens is 286 g/mol. The highest BCUT2D eigenvalue weighted by atomic mass is 79.9. The van der Waals surface area contributed by atoms with E-state index in [1.807, 2.05) is 19.1 Å². The third-order valence-electron chi connectivity index (χ3n) is 2.08. The molecule has 0 aliphatic carbocycles. The van der Waals surface area contributed by atoms with Crippen LogP contribution in [0, 0.1) is 0 Å². The number of carbonyl (C=O) groups is 2. The molecule has 0 aromatic heterocycles. The van der Waals surface area contributed by atoms with Gasteiger partial charge in [0, 0.05) is 16.6 Å². The Labute approximate surface area is 107 Å². The molecule has 4 nitrogen and oxygen atoms in total. The first-order chi connectivity index (χ1) is 8.02. The third kappa shape index (κ3) is 4.40. The van der Waals surface area contributed by atoms with Gasteiger partial charge < -0.3 is 10.4 Å². The first-order valence-electron chi connectivity index (χ1n) is 5.03. The zero-order valence-corrected chi connectivity index (χ0v) is 10.8. The number of aliphatic carboxylic acids is 1. The van der Waals surface area contributed by atoms with Gasteiger partial charge in [0.05, 0.1) is 5.69 Å². The lowest BCUT2D eigenvalue weighted by Crippen LogP contribution is -2.09. The molecule has 0 heterocycles. The number of carbonyl (C=O) groups excluding carboxylic acids is 1. The number of amides is 1. The van der Waals surface area contributed by atoms with E-state index in [2.05, 4.69) is 21.2 Å². The van der Waals surface area contributed by atoms with E-state index < -0.39 is 11.9 Å². The lowest BCUT2D eigenvalue weighted by Gasteiger charge is -2.06. The van der Waals surface area contributed by atoms with E-state index in [-0.39, 0.29) is 0 Å². The summed E-state index contributed by atoms with van der Waals surface area (Å²) < 4.78 is 0.772. The van der Waals surface area contributed by atoms with Gasteiger partial charge in [-0.3, -0.25) is 4.79 Å². The first kappa shape index (κ1) is 13.4. The number of nitrogens with one attached hydrogen (secondary N) is 1. The number of aryl methyl sites for hydroxylation is 1. The topological polar surface area (TPSA) is 66.4 Å². The fourth-order valence-corrected chi connectivity index (χ4v) is 1.73. The van der Waals surface area contributed by atoms with Crippen LogP contribution in [0.25, 0.3) is 0 Å². The van der Waals surface area contributed by atoms with Crippen LogP contribution in [-0.4, -0.2) is 17.0 Å². The summed E-state index contributed by atoms with van der Waals surface area (Å²) >= 11 is 3.34. The van der Waals surface area contributed by atoms with E-state index in [0.29, 0.717) is 5.69 Å². The minimum Gasteiger partial charge on any atom is -0.478 e. The van der Waals surface area contributed by atoms with Gasteiger partial charge in [0.25, 0.3) is 0 Å². The number of hydrogen-bond acceptors (Lipinski definition) is 2. The van der Waals surface area contributed by atoms with Crippen molar-refractivity contribution in [3.8, 4) is 0 Å². The highest BCUT2D eigenvalue weighted by Gasteiger charge is 2.03. The van der Waals surface area contributed by atoms with E-state index in [1.54, 1.807) is 6.07 Å². The molecule has 0 saturated carbocycles. The van der Waals surface area contributed by atoms with Gasteiger partial charge in [-0.25, -0.2) is 4.79 Å². The summed E-state index contributed by atoms with van der Waals surface area (Å²) in [5.74, 6) is -1.63. The van der Waals surface area contributed by atoms with Gasteiger partial charge in [-0.1, -0.05) is 13.0 Å². The highest BCUT2D eigenvalue weighted by Crippen LogP contribution is 2.23. The fourth-order valence-electron chi connectivity index (χ4n) is 1.20. The lowest BCUT2D eigenvalue weighted by atomic mass is 10.1. The zero-order valence-electron chi connectivity index (χ0n) is 9.24. The third-order valence-corrected chi connectivity index (χ3v) is 2.73. The van der Waals surface area contributed by atoms with Crippen molar-refractivity contribution >= 4 is 33.5 Å². The molecule has 1 aromatic rings. The molecule has 5 heteroatoms. The second-order valence-electron chi connectivity index (χ2n) is 3.33. The summed E-state index contributed by atoms with van der Waals surface area (Å²) in [5, 5.41) is 11.0. The van der Waals surface area contributed by atoms with Crippen molar-refractivity contribution in [3.63, 3.8) is 0 Å². The van der Waals surface area contributed by atoms with Gasteiger partial charge >= 0.3 is 5.97 Å². The van der Waals surface area contributed by atoms with Crippen LogP contribution in [0.15, 0.2) is 34.8 Å². The zero-order chi connectivity index (χ0) is 12.8. The Kier molecular flexibility index (Phi) is 4.90. The molecule has 2 N–H and O–H groups in total. The maximum Gasteiger partial charge on any atom is 0.328 e. The van der Waals surface area contributed by atoms with E-state index in [9.17, 15) is 9.59 Å². The molecule has 1 amide bonds. The van der Waals surface area contributed by atoms with Gasteiger partial charge in [0.2, 0.25) is 5.91 Å². The smallest absolute Gasteiger partial charge is 0.328 e. The predicted molar refractivity (Wildman–Crippen MR) is 68.9 cm³/mol. The van der Waals surface area contributed by atoms with Crippen LogP contribution in [0.2, 0.25) is 0 Å². The Morgan fingerprint density at radius 3 is 2.65 bits per heavy atom. The van der Waals surface area contributed by atoms with Crippen molar-refractivity contribution < 1.29 is 14.7 Å². The van der Waals surface area contributed by atoms with Crippen LogP contribution in [0.3, 0.4) is 0 Å². The monoisotopic (exact) mass is 297 g/mol. The van der Waals surface area contributed by atoms with E-state index >= 15 is 0 Å². The van der Waals surface area contributed by atoms with Gasteiger partial charge in [-0.15, -0.1) is 0 Å². The van der Waals surface area contributed by atoms with E-state index in [1.165, 1.54) is 0 Å². The standard InChI is InChI=1S/C12H12BrNO3/c1-2-8-3-4-10(9(13)7-8)14-11(15)5-6-12(16)17/h3-7H,2H2,1H3,(H,14,15)(H,16,17)/b6-5-. The molecule has 1 rings (SSSR count). The molecule has 0 unspecified atom stereocenters. The molecule has 0 saturated heterocycles. The molecule has 0 fully saturated rings. The quantitative estimate of drug-likeness (QED) is 0.840. The minimum absolute atomic E-state index is 0.475. The van der Waals surface area contributed by atoms with Gasteiger partial charge in [0.1, 0.15) is 0 Å². The summed E-state index contributed by atoms with van der Waals surface area (Å²) in [6, 6.07) is 5.59. The minimum atomic E-state index is -1.15. The Hall–Kier alpha value is -1.62. The first-order valence-corrected chi connectivity index (χ1v) is 5.82. The van der Waals surface area contributed by atoms with Crippen molar-refractivity contribution in [1.29, 1.82) is 0 Å². The molecule has 0 atom stereocenters. The van der Waals surface area contributed by atoms with Crippen LogP contribution >= 0.6 is 15.9 Å². The fraction of sp³-hybridized carbons (Fsp3) is 0.167.